The fraction of sp³-hybridized carbons (Fsp3) is 0.533. The summed E-state index contributed by atoms with van der Waals surface area (Å²) in [6.45, 7) is 5.99. The van der Waals surface area contributed by atoms with Gasteiger partial charge < -0.3 is 14.8 Å². The molecule has 0 saturated heterocycles. The highest BCUT2D eigenvalue weighted by Gasteiger charge is 2.24. The number of aryl methyl sites for hydroxylation is 1. The lowest BCUT2D eigenvalue weighted by Gasteiger charge is -2.19. The molecule has 1 atom stereocenters. The van der Waals surface area contributed by atoms with Crippen LogP contribution < -0.4 is 14.8 Å². The number of thiophene rings is 1. The van der Waals surface area contributed by atoms with Gasteiger partial charge in [-0.15, -0.1) is 11.3 Å². The van der Waals surface area contributed by atoms with Gasteiger partial charge in [-0.2, -0.15) is 5.10 Å². The summed E-state index contributed by atoms with van der Waals surface area (Å²) < 4.78 is 12.8. The van der Waals surface area contributed by atoms with E-state index in [0.717, 1.165) is 36.7 Å². The molecule has 1 N–H and O–H groups in total. The number of rotatable bonds is 8. The number of nitrogens with zero attached hydrogens (tertiary/aromatic N) is 2. The Hall–Kier alpha value is -1.53. The van der Waals surface area contributed by atoms with Gasteiger partial charge in [0.2, 0.25) is 0 Å². The minimum absolute atomic E-state index is 0.0660. The molecule has 21 heavy (non-hydrogen) atoms. The summed E-state index contributed by atoms with van der Waals surface area (Å²) in [5.41, 5.74) is 1.07. The Kier molecular flexibility index (Phi) is 5.64. The van der Waals surface area contributed by atoms with Crippen molar-refractivity contribution in [2.24, 2.45) is 0 Å². The molecule has 1 unspecified atom stereocenters. The Morgan fingerprint density at radius 2 is 2.14 bits per heavy atom. The number of nitrogens with one attached hydrogen (secondary N) is 1. The zero-order valence-electron chi connectivity index (χ0n) is 13.0. The quantitative estimate of drug-likeness (QED) is 0.814. The second-order valence-corrected chi connectivity index (χ2v) is 5.63. The first-order valence-electron chi connectivity index (χ1n) is 7.20. The Morgan fingerprint density at radius 1 is 1.33 bits per heavy atom. The van der Waals surface area contributed by atoms with Crippen LogP contribution >= 0.6 is 11.3 Å². The standard InChI is InChI=1S/C15H23N3O2S/c1-5-7-16-14(13-8-11(19-3)10-21-13)15-12(20-4)9-17-18(15)6-2/h8-10,14,16H,5-7H2,1-4H3. The number of hydrogen-bond acceptors (Lipinski definition) is 5. The van der Waals surface area contributed by atoms with E-state index < -0.39 is 0 Å². The van der Waals surface area contributed by atoms with Crippen molar-refractivity contribution in [1.82, 2.24) is 15.1 Å². The molecule has 2 heterocycles. The van der Waals surface area contributed by atoms with Crippen LogP contribution in [0.5, 0.6) is 11.5 Å². The number of methoxy groups -OCH3 is 2. The van der Waals surface area contributed by atoms with Crippen LogP contribution in [0.15, 0.2) is 17.6 Å². The number of ether oxygens (including phenoxy) is 2. The molecule has 0 saturated carbocycles. The van der Waals surface area contributed by atoms with Crippen LogP contribution in [0, 0.1) is 0 Å². The van der Waals surface area contributed by atoms with E-state index in [9.17, 15) is 0 Å². The molecule has 116 valence electrons. The van der Waals surface area contributed by atoms with Crippen molar-refractivity contribution in [2.45, 2.75) is 32.9 Å². The summed E-state index contributed by atoms with van der Waals surface area (Å²) in [5.74, 6) is 1.71. The second-order valence-electron chi connectivity index (χ2n) is 4.69. The van der Waals surface area contributed by atoms with E-state index >= 15 is 0 Å². The molecule has 0 fully saturated rings. The summed E-state index contributed by atoms with van der Waals surface area (Å²) in [4.78, 5) is 1.20. The average molecular weight is 309 g/mol. The first-order chi connectivity index (χ1) is 10.2. The minimum atomic E-state index is 0.0660. The summed E-state index contributed by atoms with van der Waals surface area (Å²) in [6, 6.07) is 2.14. The molecule has 0 bridgehead atoms. The van der Waals surface area contributed by atoms with Crippen molar-refractivity contribution in [2.75, 3.05) is 20.8 Å². The summed E-state index contributed by atoms with van der Waals surface area (Å²) in [7, 11) is 3.38. The first-order valence-corrected chi connectivity index (χ1v) is 8.08. The number of aromatic nitrogens is 2. The summed E-state index contributed by atoms with van der Waals surface area (Å²) in [5, 5.41) is 10.0. The van der Waals surface area contributed by atoms with E-state index in [1.165, 1.54) is 4.88 Å². The molecule has 5 nitrogen and oxygen atoms in total. The average Bonchev–Trinajstić information content (AvgIpc) is 3.14. The lowest BCUT2D eigenvalue weighted by Crippen LogP contribution is -2.25. The second kappa shape index (κ2) is 7.47. The van der Waals surface area contributed by atoms with Gasteiger partial charge in [-0.1, -0.05) is 6.92 Å². The molecule has 0 aliphatic carbocycles. The maximum Gasteiger partial charge on any atom is 0.161 e. The van der Waals surface area contributed by atoms with Crippen LogP contribution in [0.4, 0.5) is 0 Å². The molecule has 2 aromatic heterocycles. The van der Waals surface area contributed by atoms with Gasteiger partial charge in [0.1, 0.15) is 11.4 Å². The fourth-order valence-electron chi connectivity index (χ4n) is 2.29. The molecule has 0 aliphatic heterocycles. The third-order valence-electron chi connectivity index (χ3n) is 3.35. The van der Waals surface area contributed by atoms with Crippen molar-refractivity contribution in [3.05, 3.63) is 28.2 Å². The predicted molar refractivity (Wildman–Crippen MR) is 85.5 cm³/mol. The monoisotopic (exact) mass is 309 g/mol. The van der Waals surface area contributed by atoms with E-state index in [0.29, 0.717) is 0 Å². The van der Waals surface area contributed by atoms with Gasteiger partial charge in [-0.05, 0) is 26.0 Å². The maximum absolute atomic E-state index is 5.49. The van der Waals surface area contributed by atoms with Gasteiger partial charge in [0.15, 0.2) is 5.75 Å². The third-order valence-corrected chi connectivity index (χ3v) is 4.33. The van der Waals surface area contributed by atoms with Crippen LogP contribution in [0.1, 0.15) is 36.9 Å². The molecule has 2 rings (SSSR count). The van der Waals surface area contributed by atoms with E-state index in [1.54, 1.807) is 31.8 Å². The van der Waals surface area contributed by atoms with E-state index in [1.807, 2.05) is 10.1 Å². The van der Waals surface area contributed by atoms with Crippen molar-refractivity contribution in [3.8, 4) is 11.5 Å². The van der Waals surface area contributed by atoms with Crippen molar-refractivity contribution in [1.29, 1.82) is 0 Å². The van der Waals surface area contributed by atoms with Crippen LogP contribution in [-0.4, -0.2) is 30.5 Å². The van der Waals surface area contributed by atoms with Crippen LogP contribution in [0.2, 0.25) is 0 Å². The van der Waals surface area contributed by atoms with Gasteiger partial charge in [-0.25, -0.2) is 0 Å². The minimum Gasteiger partial charge on any atom is -0.496 e. The third kappa shape index (κ3) is 3.39. The molecule has 6 heteroatoms. The highest BCUT2D eigenvalue weighted by Crippen LogP contribution is 2.35. The normalized spacial score (nSPS) is 12.4. The van der Waals surface area contributed by atoms with Gasteiger partial charge in [-0.3, -0.25) is 4.68 Å². The molecule has 0 amide bonds. The molecule has 0 aliphatic rings. The molecular formula is C15H23N3O2S. The number of hydrogen-bond donors (Lipinski definition) is 1. The van der Waals surface area contributed by atoms with E-state index in [2.05, 4.69) is 30.3 Å². The molecule has 0 aromatic carbocycles. The molecular weight excluding hydrogens is 286 g/mol. The molecule has 2 aromatic rings. The van der Waals surface area contributed by atoms with Crippen molar-refractivity contribution < 1.29 is 9.47 Å². The van der Waals surface area contributed by atoms with E-state index in [-0.39, 0.29) is 6.04 Å². The SMILES string of the molecule is CCCNC(c1cc(OC)cs1)c1c(OC)cnn1CC. The lowest BCUT2D eigenvalue weighted by molar-refractivity contribution is 0.398. The van der Waals surface area contributed by atoms with Crippen LogP contribution in [0.25, 0.3) is 0 Å². The van der Waals surface area contributed by atoms with Crippen molar-refractivity contribution in [3.63, 3.8) is 0 Å². The van der Waals surface area contributed by atoms with Gasteiger partial charge in [0, 0.05) is 16.8 Å². The Labute approximate surface area is 129 Å². The van der Waals surface area contributed by atoms with Crippen LogP contribution in [0.3, 0.4) is 0 Å². The summed E-state index contributed by atoms with van der Waals surface area (Å²) in [6.07, 6.45) is 2.85. The van der Waals surface area contributed by atoms with Gasteiger partial charge >= 0.3 is 0 Å². The smallest absolute Gasteiger partial charge is 0.161 e. The van der Waals surface area contributed by atoms with E-state index in [4.69, 9.17) is 9.47 Å². The molecule has 0 radical (unpaired) electrons. The Balaban J connectivity index is 2.41. The highest BCUT2D eigenvalue weighted by molar-refractivity contribution is 7.10. The maximum atomic E-state index is 5.49. The molecule has 0 spiro atoms. The summed E-state index contributed by atoms with van der Waals surface area (Å²) >= 11 is 1.69. The zero-order valence-corrected chi connectivity index (χ0v) is 13.9. The van der Waals surface area contributed by atoms with Crippen LogP contribution in [-0.2, 0) is 6.54 Å². The largest absolute Gasteiger partial charge is 0.496 e. The first kappa shape index (κ1) is 15.9. The predicted octanol–water partition coefficient (Wildman–Crippen LogP) is 3.07. The highest BCUT2D eigenvalue weighted by atomic mass is 32.1. The topological polar surface area (TPSA) is 48.3 Å². The fourth-order valence-corrected chi connectivity index (χ4v) is 3.22. The Bertz CT molecular complexity index is 544. The zero-order chi connectivity index (χ0) is 15.2. The van der Waals surface area contributed by atoms with Crippen molar-refractivity contribution >= 4 is 11.3 Å². The van der Waals surface area contributed by atoms with Gasteiger partial charge in [0.25, 0.3) is 0 Å². The van der Waals surface area contributed by atoms with Gasteiger partial charge in [0.05, 0.1) is 26.5 Å². The Morgan fingerprint density at radius 3 is 2.71 bits per heavy atom. The lowest BCUT2D eigenvalue weighted by atomic mass is 10.1.